The standard InChI is InChI=1S/C16H24N2O/c1-3-6-12(2)13-7-4-10-15(11-13)18-16(19)17-14-8-5-9-14/h4,7,10-12,14H,3,5-6,8-9H2,1-2H3,(H2,17,18,19). The molecule has 0 radical (unpaired) electrons. The van der Waals surface area contributed by atoms with Crippen LogP contribution in [0.3, 0.4) is 0 Å². The molecule has 0 heterocycles. The molecule has 2 amide bonds. The highest BCUT2D eigenvalue weighted by atomic mass is 16.2. The molecule has 1 saturated carbocycles. The minimum absolute atomic E-state index is 0.0787. The maximum atomic E-state index is 11.8. The molecule has 0 bridgehead atoms. The minimum Gasteiger partial charge on any atom is -0.335 e. The van der Waals surface area contributed by atoms with E-state index in [2.05, 4.69) is 36.6 Å². The molecule has 0 saturated heterocycles. The zero-order valence-corrected chi connectivity index (χ0v) is 11.9. The molecule has 3 nitrogen and oxygen atoms in total. The van der Waals surface area contributed by atoms with Crippen LogP contribution in [0.15, 0.2) is 24.3 Å². The second kappa shape index (κ2) is 6.60. The van der Waals surface area contributed by atoms with Gasteiger partial charge in [-0.2, -0.15) is 0 Å². The highest BCUT2D eigenvalue weighted by Gasteiger charge is 2.19. The van der Waals surface area contributed by atoms with Crippen molar-refractivity contribution >= 4 is 11.7 Å². The van der Waals surface area contributed by atoms with Crippen molar-refractivity contribution in [3.8, 4) is 0 Å². The van der Waals surface area contributed by atoms with Crippen LogP contribution < -0.4 is 10.6 Å². The summed E-state index contributed by atoms with van der Waals surface area (Å²) in [7, 11) is 0. The van der Waals surface area contributed by atoms with Gasteiger partial charge < -0.3 is 10.6 Å². The summed E-state index contributed by atoms with van der Waals surface area (Å²) in [5, 5.41) is 5.92. The van der Waals surface area contributed by atoms with Gasteiger partial charge in [0.05, 0.1) is 0 Å². The van der Waals surface area contributed by atoms with Gasteiger partial charge >= 0.3 is 6.03 Å². The van der Waals surface area contributed by atoms with Crippen molar-refractivity contribution < 1.29 is 4.79 Å². The van der Waals surface area contributed by atoms with Crippen LogP contribution in [0, 0.1) is 0 Å². The molecule has 1 aromatic rings. The third-order valence-corrected chi connectivity index (χ3v) is 3.88. The van der Waals surface area contributed by atoms with Gasteiger partial charge in [0.1, 0.15) is 0 Å². The summed E-state index contributed by atoms with van der Waals surface area (Å²) in [5.74, 6) is 0.543. The summed E-state index contributed by atoms with van der Waals surface area (Å²) in [6.45, 7) is 4.43. The third kappa shape index (κ3) is 3.98. The Morgan fingerprint density at radius 2 is 2.21 bits per heavy atom. The zero-order chi connectivity index (χ0) is 13.7. The van der Waals surface area contributed by atoms with Crippen LogP contribution in [0.1, 0.15) is 57.4 Å². The van der Waals surface area contributed by atoms with Crippen LogP contribution in [0.5, 0.6) is 0 Å². The summed E-state index contributed by atoms with van der Waals surface area (Å²) < 4.78 is 0. The average molecular weight is 260 g/mol. The quantitative estimate of drug-likeness (QED) is 0.815. The summed E-state index contributed by atoms with van der Waals surface area (Å²) in [6, 6.07) is 8.48. The Labute approximate surface area is 115 Å². The fourth-order valence-electron chi connectivity index (χ4n) is 2.43. The zero-order valence-electron chi connectivity index (χ0n) is 11.9. The Morgan fingerprint density at radius 1 is 1.42 bits per heavy atom. The van der Waals surface area contributed by atoms with Crippen LogP contribution in [0.2, 0.25) is 0 Å². The lowest BCUT2D eigenvalue weighted by atomic mass is 9.93. The average Bonchev–Trinajstić information content (AvgIpc) is 2.34. The first-order valence-corrected chi connectivity index (χ1v) is 7.36. The van der Waals surface area contributed by atoms with E-state index in [1.165, 1.54) is 24.8 Å². The van der Waals surface area contributed by atoms with E-state index in [1.807, 2.05) is 12.1 Å². The third-order valence-electron chi connectivity index (χ3n) is 3.88. The van der Waals surface area contributed by atoms with Crippen molar-refractivity contribution in [1.29, 1.82) is 0 Å². The second-order valence-corrected chi connectivity index (χ2v) is 5.54. The van der Waals surface area contributed by atoms with Crippen LogP contribution in [0.25, 0.3) is 0 Å². The molecular weight excluding hydrogens is 236 g/mol. The summed E-state index contributed by atoms with van der Waals surface area (Å²) >= 11 is 0. The molecular formula is C16H24N2O. The molecule has 0 aromatic heterocycles. The fourth-order valence-corrected chi connectivity index (χ4v) is 2.43. The van der Waals surface area contributed by atoms with Gasteiger partial charge in [0, 0.05) is 11.7 Å². The number of amides is 2. The SMILES string of the molecule is CCCC(C)c1cccc(NC(=O)NC2CCC2)c1. The van der Waals surface area contributed by atoms with Gasteiger partial charge in [-0.1, -0.05) is 32.4 Å². The molecule has 3 heteroatoms. The summed E-state index contributed by atoms with van der Waals surface area (Å²) in [6.07, 6.45) is 5.82. The Balaban J connectivity index is 1.92. The van der Waals surface area contributed by atoms with Crippen molar-refractivity contribution in [2.24, 2.45) is 0 Å². The smallest absolute Gasteiger partial charge is 0.319 e. The molecule has 104 valence electrons. The predicted octanol–water partition coefficient (Wildman–Crippen LogP) is 4.26. The van der Waals surface area contributed by atoms with Crippen LogP contribution in [-0.4, -0.2) is 12.1 Å². The Hall–Kier alpha value is -1.51. The highest BCUT2D eigenvalue weighted by Crippen LogP contribution is 2.23. The number of hydrogen-bond donors (Lipinski definition) is 2. The lowest BCUT2D eigenvalue weighted by Crippen LogP contribution is -2.41. The topological polar surface area (TPSA) is 41.1 Å². The monoisotopic (exact) mass is 260 g/mol. The van der Waals surface area contributed by atoms with E-state index in [4.69, 9.17) is 0 Å². The molecule has 1 unspecified atom stereocenters. The van der Waals surface area contributed by atoms with E-state index in [1.54, 1.807) is 0 Å². The van der Waals surface area contributed by atoms with Crippen molar-refractivity contribution in [2.75, 3.05) is 5.32 Å². The number of carbonyl (C=O) groups is 1. The maximum Gasteiger partial charge on any atom is 0.319 e. The first-order valence-electron chi connectivity index (χ1n) is 7.36. The lowest BCUT2D eigenvalue weighted by molar-refractivity contribution is 0.240. The van der Waals surface area contributed by atoms with Crippen molar-refractivity contribution in [3.05, 3.63) is 29.8 Å². The predicted molar refractivity (Wildman–Crippen MR) is 79.6 cm³/mol. The first-order chi connectivity index (χ1) is 9.19. The molecule has 1 aliphatic rings. The number of anilines is 1. The Kier molecular flexibility index (Phi) is 4.83. The lowest BCUT2D eigenvalue weighted by Gasteiger charge is -2.26. The molecule has 2 N–H and O–H groups in total. The Morgan fingerprint density at radius 3 is 2.84 bits per heavy atom. The largest absolute Gasteiger partial charge is 0.335 e. The molecule has 0 aliphatic heterocycles. The number of carbonyl (C=O) groups excluding carboxylic acids is 1. The normalized spacial score (nSPS) is 16.5. The van der Waals surface area contributed by atoms with E-state index >= 15 is 0 Å². The van der Waals surface area contributed by atoms with E-state index < -0.39 is 0 Å². The van der Waals surface area contributed by atoms with Crippen molar-refractivity contribution in [2.45, 2.75) is 57.9 Å². The van der Waals surface area contributed by atoms with E-state index in [0.29, 0.717) is 12.0 Å². The maximum absolute atomic E-state index is 11.8. The molecule has 1 atom stereocenters. The molecule has 1 fully saturated rings. The molecule has 1 aliphatic carbocycles. The molecule has 19 heavy (non-hydrogen) atoms. The molecule has 2 rings (SSSR count). The van der Waals surface area contributed by atoms with Gasteiger partial charge in [-0.05, 0) is 49.3 Å². The summed E-state index contributed by atoms with van der Waals surface area (Å²) in [4.78, 5) is 11.8. The second-order valence-electron chi connectivity index (χ2n) is 5.54. The van der Waals surface area contributed by atoms with Gasteiger partial charge in [-0.15, -0.1) is 0 Å². The van der Waals surface area contributed by atoms with Crippen LogP contribution in [0.4, 0.5) is 10.5 Å². The summed E-state index contributed by atoms with van der Waals surface area (Å²) in [5.41, 5.74) is 2.18. The van der Waals surface area contributed by atoms with Gasteiger partial charge in [0.15, 0.2) is 0 Å². The van der Waals surface area contributed by atoms with Crippen molar-refractivity contribution in [1.82, 2.24) is 5.32 Å². The van der Waals surface area contributed by atoms with Crippen molar-refractivity contribution in [3.63, 3.8) is 0 Å². The number of benzene rings is 1. The van der Waals surface area contributed by atoms with Gasteiger partial charge in [0.2, 0.25) is 0 Å². The first kappa shape index (κ1) is 13.9. The van der Waals surface area contributed by atoms with Gasteiger partial charge in [-0.25, -0.2) is 4.79 Å². The number of hydrogen-bond acceptors (Lipinski definition) is 1. The number of urea groups is 1. The van der Waals surface area contributed by atoms with Gasteiger partial charge in [0.25, 0.3) is 0 Å². The van der Waals surface area contributed by atoms with Crippen LogP contribution >= 0.6 is 0 Å². The Bertz CT molecular complexity index is 427. The van der Waals surface area contributed by atoms with E-state index in [9.17, 15) is 4.79 Å². The van der Waals surface area contributed by atoms with Gasteiger partial charge in [-0.3, -0.25) is 0 Å². The number of rotatable bonds is 5. The highest BCUT2D eigenvalue weighted by molar-refractivity contribution is 5.89. The number of nitrogens with one attached hydrogen (secondary N) is 2. The van der Waals surface area contributed by atoms with E-state index in [-0.39, 0.29) is 6.03 Å². The minimum atomic E-state index is -0.0787. The fraction of sp³-hybridized carbons (Fsp3) is 0.562. The molecule has 0 spiro atoms. The molecule has 1 aromatic carbocycles. The van der Waals surface area contributed by atoms with Crippen LogP contribution in [-0.2, 0) is 0 Å². The van der Waals surface area contributed by atoms with E-state index in [0.717, 1.165) is 18.5 Å².